The summed E-state index contributed by atoms with van der Waals surface area (Å²) in [6.45, 7) is -0.178. The maximum atomic E-state index is 13.0. The highest BCUT2D eigenvalue weighted by Gasteiger charge is 2.49. The maximum Gasteiger partial charge on any atom is 0.416 e. The van der Waals surface area contributed by atoms with Gasteiger partial charge in [-0.05, 0) is 42.2 Å². The first kappa shape index (κ1) is 23.6. The van der Waals surface area contributed by atoms with Gasteiger partial charge in [-0.3, -0.25) is 14.5 Å². The molecule has 2 aromatic carbocycles. The first-order valence-electron chi connectivity index (χ1n) is 10.9. The van der Waals surface area contributed by atoms with E-state index in [4.69, 9.17) is 9.84 Å². The Morgan fingerprint density at radius 2 is 1.74 bits per heavy atom. The van der Waals surface area contributed by atoms with Gasteiger partial charge in [-0.25, -0.2) is 4.79 Å². The van der Waals surface area contributed by atoms with Gasteiger partial charge in [0.2, 0.25) is 5.91 Å². The zero-order valence-corrected chi connectivity index (χ0v) is 18.0. The first-order valence-corrected chi connectivity index (χ1v) is 10.9. The molecule has 0 bridgehead atoms. The second-order valence-corrected chi connectivity index (χ2v) is 8.43. The van der Waals surface area contributed by atoms with Crippen LogP contribution in [0.15, 0.2) is 48.5 Å². The molecule has 0 spiro atoms. The average Bonchev–Trinajstić information content (AvgIpc) is 2.77. The van der Waals surface area contributed by atoms with Gasteiger partial charge in [-0.15, -0.1) is 0 Å². The van der Waals surface area contributed by atoms with Gasteiger partial charge < -0.3 is 15.2 Å². The van der Waals surface area contributed by atoms with Crippen LogP contribution in [0, 0.1) is 5.92 Å². The van der Waals surface area contributed by atoms with Gasteiger partial charge in [-0.2, -0.15) is 13.2 Å². The molecule has 0 saturated heterocycles. The Bertz CT molecular complexity index is 1090. The van der Waals surface area contributed by atoms with Crippen LogP contribution in [0.3, 0.4) is 0 Å². The van der Waals surface area contributed by atoms with Gasteiger partial charge in [0.1, 0.15) is 6.61 Å². The number of alkyl halides is 3. The largest absolute Gasteiger partial charge is 0.481 e. The summed E-state index contributed by atoms with van der Waals surface area (Å²) in [6, 6.07) is 11.0. The van der Waals surface area contributed by atoms with E-state index in [9.17, 15) is 27.6 Å². The summed E-state index contributed by atoms with van der Waals surface area (Å²) in [4.78, 5) is 37.7. The van der Waals surface area contributed by atoms with Crippen LogP contribution in [0.5, 0.6) is 0 Å². The molecule has 7 nitrogen and oxygen atoms in total. The molecule has 4 rings (SSSR count). The van der Waals surface area contributed by atoms with Crippen LogP contribution in [0.2, 0.25) is 0 Å². The number of hydrogen-bond donors (Lipinski definition) is 2. The van der Waals surface area contributed by atoms with E-state index in [0.29, 0.717) is 17.7 Å². The molecule has 2 N–H and O–H groups in total. The molecule has 0 radical (unpaired) electrons. The van der Waals surface area contributed by atoms with Crippen LogP contribution in [0.1, 0.15) is 48.4 Å². The third-order valence-electron chi connectivity index (χ3n) is 6.30. The summed E-state index contributed by atoms with van der Waals surface area (Å²) in [6.07, 6.45) is -3.98. The van der Waals surface area contributed by atoms with Crippen molar-refractivity contribution >= 4 is 23.7 Å². The Morgan fingerprint density at radius 3 is 2.35 bits per heavy atom. The van der Waals surface area contributed by atoms with Gasteiger partial charge >= 0.3 is 18.2 Å². The average molecular weight is 476 g/mol. The molecule has 1 saturated carbocycles. The first-order chi connectivity index (χ1) is 16.1. The van der Waals surface area contributed by atoms with E-state index < -0.39 is 23.8 Å². The molecule has 2 amide bonds. The molecular formula is C24H23F3N2O5. The monoisotopic (exact) mass is 476 g/mol. The van der Waals surface area contributed by atoms with Crippen LogP contribution in [0.4, 0.5) is 23.7 Å². The van der Waals surface area contributed by atoms with Crippen molar-refractivity contribution in [2.24, 2.45) is 5.92 Å². The summed E-state index contributed by atoms with van der Waals surface area (Å²) < 4.78 is 43.7. The van der Waals surface area contributed by atoms with Gasteiger partial charge in [-0.1, -0.05) is 30.3 Å². The number of carbonyl (C=O) groups is 3. The number of nitrogens with one attached hydrogen (secondary N) is 1. The van der Waals surface area contributed by atoms with Gasteiger partial charge in [0.15, 0.2) is 0 Å². The number of carboxylic acid groups (broad SMARTS) is 1. The minimum Gasteiger partial charge on any atom is -0.481 e. The highest BCUT2D eigenvalue weighted by atomic mass is 19.4. The fraction of sp³-hybridized carbons (Fsp3) is 0.375. The summed E-state index contributed by atoms with van der Waals surface area (Å²) in [5.41, 5.74) is 0.977. The molecule has 10 heteroatoms. The molecule has 1 fully saturated rings. The lowest BCUT2D eigenvalue weighted by molar-refractivity contribution is -0.139. The summed E-state index contributed by atoms with van der Waals surface area (Å²) >= 11 is 0. The minimum atomic E-state index is -4.44. The van der Waals surface area contributed by atoms with Crippen molar-refractivity contribution in [2.45, 2.75) is 50.6 Å². The third kappa shape index (κ3) is 4.85. The van der Waals surface area contributed by atoms with Crippen molar-refractivity contribution in [3.63, 3.8) is 0 Å². The molecule has 3 unspecified atom stereocenters. The van der Waals surface area contributed by atoms with E-state index in [1.165, 1.54) is 12.1 Å². The summed E-state index contributed by atoms with van der Waals surface area (Å²) in [5, 5.41) is 11.7. The van der Waals surface area contributed by atoms with Gasteiger partial charge in [0.25, 0.3) is 0 Å². The molecule has 3 atom stereocenters. The number of carboxylic acids is 1. The molecule has 0 aromatic heterocycles. The maximum absolute atomic E-state index is 13.0. The smallest absolute Gasteiger partial charge is 0.416 e. The number of halogens is 3. The molecule has 1 aliphatic heterocycles. The SMILES string of the molecule is O=C(O)CCC(=O)NC1c2ccccc2N(C(=O)OCc2ccc(C(F)(F)F)cc2)C2CCC12. The number of rotatable bonds is 6. The lowest BCUT2D eigenvalue weighted by Gasteiger charge is -2.52. The molecule has 34 heavy (non-hydrogen) atoms. The predicted octanol–water partition coefficient (Wildman–Crippen LogP) is 4.66. The van der Waals surface area contributed by atoms with Crippen LogP contribution in [0.25, 0.3) is 0 Å². The second kappa shape index (κ2) is 9.36. The second-order valence-electron chi connectivity index (χ2n) is 8.43. The predicted molar refractivity (Wildman–Crippen MR) is 115 cm³/mol. The number of amides is 2. The molecular weight excluding hydrogens is 453 g/mol. The number of fused-ring (bicyclic) bond motifs is 2. The van der Waals surface area contributed by atoms with Crippen LogP contribution < -0.4 is 10.2 Å². The number of anilines is 1. The molecule has 1 aliphatic carbocycles. The van der Waals surface area contributed by atoms with Crippen molar-refractivity contribution in [1.82, 2.24) is 5.32 Å². The van der Waals surface area contributed by atoms with E-state index in [0.717, 1.165) is 24.1 Å². The zero-order chi connectivity index (χ0) is 24.5. The summed E-state index contributed by atoms with van der Waals surface area (Å²) in [7, 11) is 0. The van der Waals surface area contributed by atoms with E-state index in [2.05, 4.69) is 5.32 Å². The van der Waals surface area contributed by atoms with Gasteiger partial charge in [0.05, 0.1) is 23.7 Å². The highest BCUT2D eigenvalue weighted by molar-refractivity contribution is 5.91. The number of benzene rings is 2. The Labute approximate surface area is 193 Å². The number of ether oxygens (including phenoxy) is 1. The van der Waals surface area contributed by atoms with E-state index in [1.807, 2.05) is 6.07 Å². The lowest BCUT2D eigenvalue weighted by atomic mass is 9.68. The summed E-state index contributed by atoms with van der Waals surface area (Å²) in [5.74, 6) is -1.48. The van der Waals surface area contributed by atoms with Crippen molar-refractivity contribution < 1.29 is 37.4 Å². The van der Waals surface area contributed by atoms with Crippen molar-refractivity contribution in [1.29, 1.82) is 0 Å². The Kier molecular flexibility index (Phi) is 6.49. The van der Waals surface area contributed by atoms with Crippen LogP contribution in [-0.4, -0.2) is 29.1 Å². The quantitative estimate of drug-likeness (QED) is 0.632. The third-order valence-corrected chi connectivity index (χ3v) is 6.30. The van der Waals surface area contributed by atoms with Crippen molar-refractivity contribution in [3.05, 3.63) is 65.2 Å². The topological polar surface area (TPSA) is 95.9 Å². The Hall–Kier alpha value is -3.56. The number of nitrogens with zero attached hydrogens (tertiary/aromatic N) is 1. The van der Waals surface area contributed by atoms with Crippen LogP contribution in [-0.2, 0) is 27.1 Å². The Balaban J connectivity index is 1.48. The Morgan fingerprint density at radius 1 is 1.03 bits per heavy atom. The molecule has 180 valence electrons. The number of aliphatic carboxylic acids is 1. The fourth-order valence-electron chi connectivity index (χ4n) is 4.49. The van der Waals surface area contributed by atoms with Gasteiger partial charge in [0, 0.05) is 18.4 Å². The van der Waals surface area contributed by atoms with Crippen LogP contribution >= 0.6 is 0 Å². The number of hydrogen-bond acceptors (Lipinski definition) is 4. The minimum absolute atomic E-state index is 0.0534. The van der Waals surface area contributed by atoms with Crippen molar-refractivity contribution in [2.75, 3.05) is 4.90 Å². The molecule has 2 aromatic rings. The number of carbonyl (C=O) groups excluding carboxylic acids is 2. The fourth-order valence-corrected chi connectivity index (χ4v) is 4.49. The standard InChI is InChI=1S/C24H23F3N2O5/c25-24(26,27)15-7-5-14(6-8-15)13-34-23(33)29-18-4-2-1-3-16(18)22(17-9-10-19(17)29)28-20(30)11-12-21(31)32/h1-8,17,19,22H,9-13H2,(H,28,30)(H,31,32). The normalized spacial score (nSPS) is 21.0. The lowest BCUT2D eigenvalue weighted by Crippen LogP contribution is -2.58. The van der Waals surface area contributed by atoms with E-state index >= 15 is 0 Å². The highest BCUT2D eigenvalue weighted by Crippen LogP contribution is 2.50. The van der Waals surface area contributed by atoms with E-state index in [1.54, 1.807) is 23.1 Å². The molecule has 2 aliphatic rings. The molecule has 1 heterocycles. The zero-order valence-electron chi connectivity index (χ0n) is 18.0. The van der Waals surface area contributed by atoms with E-state index in [-0.39, 0.29) is 43.4 Å². The van der Waals surface area contributed by atoms with Crippen molar-refractivity contribution in [3.8, 4) is 0 Å². The number of para-hydroxylation sites is 1.